The number of benzene rings is 1. The fraction of sp³-hybridized carbons (Fsp3) is 0.375. The molecule has 2 aromatic rings. The fourth-order valence-corrected chi connectivity index (χ4v) is 3.31. The molecule has 0 atom stereocenters. The number of nitrogens with zero attached hydrogens (tertiary/aromatic N) is 2. The van der Waals surface area contributed by atoms with E-state index in [0.29, 0.717) is 0 Å². The molecular weight excluding hydrogens is 236 g/mol. The van der Waals surface area contributed by atoms with E-state index in [0.717, 1.165) is 37.4 Å². The highest BCUT2D eigenvalue weighted by atomic mass is 16.5. The molecule has 3 heterocycles. The van der Waals surface area contributed by atoms with Crippen LogP contribution in [0.25, 0.3) is 5.69 Å². The van der Waals surface area contributed by atoms with Crippen LogP contribution in [-0.2, 0) is 5.60 Å². The Kier molecular flexibility index (Phi) is 2.27. The number of para-hydroxylation sites is 2. The Morgan fingerprint density at radius 2 is 1.84 bits per heavy atom. The average molecular weight is 254 g/mol. The third-order valence-corrected chi connectivity index (χ3v) is 4.44. The van der Waals surface area contributed by atoms with Crippen LogP contribution in [0.5, 0.6) is 5.75 Å². The zero-order valence-electron chi connectivity index (χ0n) is 11.2. The highest BCUT2D eigenvalue weighted by molar-refractivity contribution is 5.52. The van der Waals surface area contributed by atoms with Gasteiger partial charge in [-0.2, -0.15) is 0 Å². The lowest BCUT2D eigenvalue weighted by Gasteiger charge is -2.44. The fourth-order valence-electron chi connectivity index (χ4n) is 3.31. The van der Waals surface area contributed by atoms with Crippen molar-refractivity contribution in [2.45, 2.75) is 18.4 Å². The van der Waals surface area contributed by atoms with Gasteiger partial charge in [0.1, 0.15) is 5.75 Å². The zero-order valence-corrected chi connectivity index (χ0v) is 11.2. The van der Waals surface area contributed by atoms with Crippen LogP contribution in [0.4, 0.5) is 0 Å². The minimum Gasteiger partial charge on any atom is -0.479 e. The summed E-state index contributed by atoms with van der Waals surface area (Å²) in [5.74, 6) is 1.01. The molecular formula is C16H18N2O. The number of rotatable bonds is 0. The number of hydrogen-bond donors (Lipinski definition) is 0. The molecule has 0 radical (unpaired) electrons. The van der Waals surface area contributed by atoms with Gasteiger partial charge in [0.2, 0.25) is 0 Å². The lowest BCUT2D eigenvalue weighted by atomic mass is 9.86. The molecule has 0 bridgehead atoms. The minimum absolute atomic E-state index is 0.135. The maximum absolute atomic E-state index is 6.45. The topological polar surface area (TPSA) is 17.4 Å². The number of piperidine rings is 1. The molecule has 0 amide bonds. The Morgan fingerprint density at radius 1 is 1.05 bits per heavy atom. The van der Waals surface area contributed by atoms with Crippen molar-refractivity contribution in [1.29, 1.82) is 0 Å². The second kappa shape index (κ2) is 3.87. The van der Waals surface area contributed by atoms with Gasteiger partial charge in [0.05, 0.1) is 11.4 Å². The lowest BCUT2D eigenvalue weighted by molar-refractivity contribution is -0.00710. The Hall–Kier alpha value is -1.74. The number of aromatic nitrogens is 1. The van der Waals surface area contributed by atoms with E-state index in [1.54, 1.807) is 0 Å². The van der Waals surface area contributed by atoms with E-state index in [-0.39, 0.29) is 5.60 Å². The molecule has 1 saturated heterocycles. The maximum Gasteiger partial charge on any atom is 0.152 e. The number of fused-ring (bicyclic) bond motifs is 4. The van der Waals surface area contributed by atoms with Gasteiger partial charge in [-0.15, -0.1) is 0 Å². The van der Waals surface area contributed by atoms with Crippen molar-refractivity contribution in [2.24, 2.45) is 0 Å². The van der Waals surface area contributed by atoms with Crippen molar-refractivity contribution in [1.82, 2.24) is 9.47 Å². The van der Waals surface area contributed by atoms with E-state index in [9.17, 15) is 0 Å². The SMILES string of the molecule is CN1CCC2(CC1)Oc1ccccc1-n1cccc12. The van der Waals surface area contributed by atoms with E-state index < -0.39 is 0 Å². The van der Waals surface area contributed by atoms with Gasteiger partial charge in [0.25, 0.3) is 0 Å². The van der Waals surface area contributed by atoms with Crippen LogP contribution in [0.15, 0.2) is 42.6 Å². The summed E-state index contributed by atoms with van der Waals surface area (Å²) < 4.78 is 8.74. The normalized spacial score (nSPS) is 20.7. The van der Waals surface area contributed by atoms with Crippen LogP contribution in [0, 0.1) is 0 Å². The first kappa shape index (κ1) is 11.1. The molecule has 98 valence electrons. The molecule has 1 aromatic heterocycles. The van der Waals surface area contributed by atoms with E-state index in [4.69, 9.17) is 4.74 Å². The zero-order chi connectivity index (χ0) is 12.9. The van der Waals surface area contributed by atoms with Crippen LogP contribution in [0.2, 0.25) is 0 Å². The third kappa shape index (κ3) is 1.55. The largest absolute Gasteiger partial charge is 0.479 e. The predicted octanol–water partition coefficient (Wildman–Crippen LogP) is 2.79. The summed E-state index contributed by atoms with van der Waals surface area (Å²) in [4.78, 5) is 2.38. The quantitative estimate of drug-likeness (QED) is 0.719. The van der Waals surface area contributed by atoms with Crippen molar-refractivity contribution in [2.75, 3.05) is 20.1 Å². The van der Waals surface area contributed by atoms with E-state index >= 15 is 0 Å². The highest BCUT2D eigenvalue weighted by Crippen LogP contribution is 2.44. The molecule has 2 aliphatic rings. The standard InChI is InChI=1S/C16H18N2O/c1-17-11-8-16(9-12-17)15-7-4-10-18(15)13-5-2-3-6-14(13)19-16/h2-7,10H,8-9,11-12H2,1H3. The summed E-state index contributed by atoms with van der Waals surface area (Å²) >= 11 is 0. The highest BCUT2D eigenvalue weighted by Gasteiger charge is 2.43. The Labute approximate surface area is 113 Å². The smallest absolute Gasteiger partial charge is 0.152 e. The van der Waals surface area contributed by atoms with Gasteiger partial charge in [-0.1, -0.05) is 12.1 Å². The Bertz CT molecular complexity index is 609. The van der Waals surface area contributed by atoms with Crippen LogP contribution >= 0.6 is 0 Å². The third-order valence-electron chi connectivity index (χ3n) is 4.44. The van der Waals surface area contributed by atoms with Gasteiger partial charge in [-0.25, -0.2) is 0 Å². The molecule has 0 saturated carbocycles. The molecule has 4 rings (SSSR count). The van der Waals surface area contributed by atoms with Crippen molar-refractivity contribution in [3.05, 3.63) is 48.3 Å². The summed E-state index contributed by atoms with van der Waals surface area (Å²) in [6, 6.07) is 12.7. The summed E-state index contributed by atoms with van der Waals surface area (Å²) in [7, 11) is 2.18. The van der Waals surface area contributed by atoms with Crippen LogP contribution in [0.3, 0.4) is 0 Å². The molecule has 0 unspecified atom stereocenters. The summed E-state index contributed by atoms with van der Waals surface area (Å²) in [6.45, 7) is 2.18. The Balaban J connectivity index is 1.86. The first-order valence-electron chi connectivity index (χ1n) is 6.93. The van der Waals surface area contributed by atoms with Gasteiger partial charge in [-0.3, -0.25) is 0 Å². The van der Waals surface area contributed by atoms with E-state index in [2.05, 4.69) is 59.1 Å². The molecule has 2 aliphatic heterocycles. The van der Waals surface area contributed by atoms with Crippen LogP contribution in [0.1, 0.15) is 18.5 Å². The predicted molar refractivity (Wildman–Crippen MR) is 74.8 cm³/mol. The summed E-state index contributed by atoms with van der Waals surface area (Å²) in [5, 5.41) is 0. The van der Waals surface area contributed by atoms with Gasteiger partial charge in [-0.05, 0) is 31.3 Å². The summed E-state index contributed by atoms with van der Waals surface area (Å²) in [5.41, 5.74) is 2.33. The number of hydrogen-bond acceptors (Lipinski definition) is 2. The molecule has 3 nitrogen and oxygen atoms in total. The second-order valence-corrected chi connectivity index (χ2v) is 5.63. The molecule has 1 fully saturated rings. The van der Waals surface area contributed by atoms with E-state index in [1.807, 2.05) is 0 Å². The van der Waals surface area contributed by atoms with Crippen LogP contribution in [-0.4, -0.2) is 29.6 Å². The molecule has 0 N–H and O–H groups in total. The van der Waals surface area contributed by atoms with Crippen molar-refractivity contribution in [3.63, 3.8) is 0 Å². The van der Waals surface area contributed by atoms with Gasteiger partial charge in [0.15, 0.2) is 5.60 Å². The maximum atomic E-state index is 6.45. The molecule has 19 heavy (non-hydrogen) atoms. The Morgan fingerprint density at radius 3 is 2.68 bits per heavy atom. The van der Waals surface area contributed by atoms with Crippen molar-refractivity contribution < 1.29 is 4.74 Å². The summed E-state index contributed by atoms with van der Waals surface area (Å²) in [6.07, 6.45) is 4.26. The molecule has 1 aromatic carbocycles. The molecule has 0 aliphatic carbocycles. The molecule has 1 spiro atoms. The van der Waals surface area contributed by atoms with Gasteiger partial charge >= 0.3 is 0 Å². The minimum atomic E-state index is -0.135. The second-order valence-electron chi connectivity index (χ2n) is 5.63. The van der Waals surface area contributed by atoms with Gasteiger partial charge in [0, 0.05) is 32.1 Å². The first-order valence-corrected chi connectivity index (χ1v) is 6.93. The first-order chi connectivity index (χ1) is 9.28. The average Bonchev–Trinajstić information content (AvgIpc) is 2.93. The van der Waals surface area contributed by atoms with Crippen molar-refractivity contribution >= 4 is 0 Å². The lowest BCUT2D eigenvalue weighted by Crippen LogP contribution is -2.47. The van der Waals surface area contributed by atoms with E-state index in [1.165, 1.54) is 5.69 Å². The number of ether oxygens (including phenoxy) is 1. The van der Waals surface area contributed by atoms with Crippen LogP contribution < -0.4 is 4.74 Å². The monoisotopic (exact) mass is 254 g/mol. The number of likely N-dealkylation sites (tertiary alicyclic amines) is 1. The van der Waals surface area contributed by atoms with Gasteiger partial charge < -0.3 is 14.2 Å². The molecule has 3 heteroatoms. The van der Waals surface area contributed by atoms with Crippen molar-refractivity contribution in [3.8, 4) is 11.4 Å².